The first-order chi connectivity index (χ1) is 7.22. The SMILES string of the molecule is CCN1CCCC1CN(C)C(=NC)NN. The third kappa shape index (κ3) is 3.07. The van der Waals surface area contributed by atoms with Crippen LogP contribution in [-0.4, -0.2) is 55.5 Å². The Morgan fingerprint density at radius 2 is 2.40 bits per heavy atom. The van der Waals surface area contributed by atoms with E-state index in [1.807, 2.05) is 7.05 Å². The Hall–Kier alpha value is -0.810. The molecule has 0 aromatic heterocycles. The largest absolute Gasteiger partial charge is 0.343 e. The molecule has 5 heteroatoms. The Morgan fingerprint density at radius 1 is 1.67 bits per heavy atom. The van der Waals surface area contributed by atoms with Crippen LogP contribution in [0.3, 0.4) is 0 Å². The number of nitrogens with zero attached hydrogens (tertiary/aromatic N) is 3. The summed E-state index contributed by atoms with van der Waals surface area (Å²) in [7, 11) is 3.77. The summed E-state index contributed by atoms with van der Waals surface area (Å²) in [6.07, 6.45) is 2.58. The predicted octanol–water partition coefficient (Wildman–Crippen LogP) is -0.148. The monoisotopic (exact) mass is 213 g/mol. The standard InChI is InChI=1S/C10H23N5/c1-4-15-7-5-6-9(15)8-14(3)10(12-2)13-11/h9H,4-8,11H2,1-3H3,(H,12,13). The quantitative estimate of drug-likeness (QED) is 0.296. The minimum Gasteiger partial charge on any atom is -0.343 e. The summed E-state index contributed by atoms with van der Waals surface area (Å²) in [6, 6.07) is 0.644. The summed E-state index contributed by atoms with van der Waals surface area (Å²) in [6.45, 7) is 5.57. The number of rotatable bonds is 3. The molecule has 88 valence electrons. The third-order valence-electron chi connectivity index (χ3n) is 3.09. The Morgan fingerprint density at radius 3 is 2.93 bits per heavy atom. The fourth-order valence-corrected chi connectivity index (χ4v) is 2.27. The molecule has 3 N–H and O–H groups in total. The fraction of sp³-hybridized carbons (Fsp3) is 0.900. The molecule has 0 aromatic rings. The topological polar surface area (TPSA) is 56.9 Å². The van der Waals surface area contributed by atoms with Crippen LogP contribution < -0.4 is 11.3 Å². The van der Waals surface area contributed by atoms with Gasteiger partial charge in [-0.2, -0.15) is 0 Å². The molecule has 0 saturated carbocycles. The molecule has 1 aliphatic rings. The number of nitrogens with two attached hydrogens (primary N) is 1. The van der Waals surface area contributed by atoms with Crippen LogP contribution >= 0.6 is 0 Å². The smallest absolute Gasteiger partial charge is 0.207 e. The van der Waals surface area contributed by atoms with Crippen molar-refractivity contribution in [2.45, 2.75) is 25.8 Å². The molecule has 0 bridgehead atoms. The molecule has 0 aromatic carbocycles. The molecule has 1 rings (SSSR count). The number of likely N-dealkylation sites (tertiary alicyclic amines) is 1. The van der Waals surface area contributed by atoms with E-state index in [0.717, 1.165) is 19.0 Å². The van der Waals surface area contributed by atoms with Crippen LogP contribution in [-0.2, 0) is 0 Å². The minimum absolute atomic E-state index is 0.644. The lowest BCUT2D eigenvalue weighted by Gasteiger charge is -2.29. The highest BCUT2D eigenvalue weighted by Crippen LogP contribution is 2.17. The molecule has 1 unspecified atom stereocenters. The van der Waals surface area contributed by atoms with Crippen molar-refractivity contribution in [1.29, 1.82) is 0 Å². The van der Waals surface area contributed by atoms with Crippen LogP contribution in [0.5, 0.6) is 0 Å². The lowest BCUT2D eigenvalue weighted by molar-refractivity contribution is 0.233. The summed E-state index contributed by atoms with van der Waals surface area (Å²) in [5, 5.41) is 0. The number of hydrogen-bond donors (Lipinski definition) is 2. The van der Waals surface area contributed by atoms with Gasteiger partial charge in [-0.05, 0) is 25.9 Å². The van der Waals surface area contributed by atoms with Gasteiger partial charge in [0.2, 0.25) is 5.96 Å². The van der Waals surface area contributed by atoms with Gasteiger partial charge in [-0.25, -0.2) is 5.84 Å². The fourth-order valence-electron chi connectivity index (χ4n) is 2.27. The van der Waals surface area contributed by atoms with E-state index in [-0.39, 0.29) is 0 Å². The normalized spacial score (nSPS) is 23.2. The maximum absolute atomic E-state index is 5.39. The molecule has 15 heavy (non-hydrogen) atoms. The number of guanidine groups is 1. The Balaban J connectivity index is 2.46. The number of hydrazine groups is 1. The zero-order chi connectivity index (χ0) is 11.3. The molecule has 0 spiro atoms. The number of nitrogens with one attached hydrogen (secondary N) is 1. The summed E-state index contributed by atoms with van der Waals surface area (Å²) >= 11 is 0. The third-order valence-corrected chi connectivity index (χ3v) is 3.09. The summed E-state index contributed by atoms with van der Waals surface area (Å²) in [5.74, 6) is 6.14. The first kappa shape index (κ1) is 12.3. The molecule has 5 nitrogen and oxygen atoms in total. The number of aliphatic imine (C=N–C) groups is 1. The van der Waals surface area contributed by atoms with E-state index in [1.165, 1.54) is 19.4 Å². The summed E-state index contributed by atoms with van der Waals surface area (Å²) in [4.78, 5) is 8.68. The van der Waals surface area contributed by atoms with Crippen molar-refractivity contribution in [1.82, 2.24) is 15.2 Å². The molecule has 0 radical (unpaired) electrons. The molecule has 0 amide bonds. The Kier molecular flexibility index (Phi) is 4.84. The van der Waals surface area contributed by atoms with Gasteiger partial charge in [0.25, 0.3) is 0 Å². The lowest BCUT2D eigenvalue weighted by atomic mass is 10.2. The van der Waals surface area contributed by atoms with Gasteiger partial charge >= 0.3 is 0 Å². The first-order valence-electron chi connectivity index (χ1n) is 5.61. The summed E-state index contributed by atoms with van der Waals surface area (Å²) in [5.41, 5.74) is 2.62. The van der Waals surface area contributed by atoms with Gasteiger partial charge in [0, 0.05) is 26.7 Å². The average molecular weight is 213 g/mol. The van der Waals surface area contributed by atoms with Crippen LogP contribution in [0.25, 0.3) is 0 Å². The average Bonchev–Trinajstić information content (AvgIpc) is 2.67. The van der Waals surface area contributed by atoms with Crippen LogP contribution in [0.4, 0.5) is 0 Å². The van der Waals surface area contributed by atoms with Gasteiger partial charge in [-0.15, -0.1) is 0 Å². The Labute approximate surface area is 92.3 Å². The minimum atomic E-state index is 0.644. The zero-order valence-electron chi connectivity index (χ0n) is 10.0. The van der Waals surface area contributed by atoms with E-state index in [0.29, 0.717) is 6.04 Å². The van der Waals surface area contributed by atoms with Crippen molar-refractivity contribution in [2.75, 3.05) is 33.7 Å². The molecular weight excluding hydrogens is 190 g/mol. The van der Waals surface area contributed by atoms with Gasteiger partial charge in [0.15, 0.2) is 0 Å². The maximum Gasteiger partial charge on any atom is 0.207 e. The maximum atomic E-state index is 5.39. The lowest BCUT2D eigenvalue weighted by Crippen LogP contribution is -2.47. The van der Waals surface area contributed by atoms with Crippen LogP contribution in [0, 0.1) is 0 Å². The van der Waals surface area contributed by atoms with E-state index in [1.54, 1.807) is 7.05 Å². The molecular formula is C10H23N5. The van der Waals surface area contributed by atoms with Gasteiger partial charge in [0.05, 0.1) is 0 Å². The van der Waals surface area contributed by atoms with Crippen molar-refractivity contribution in [3.05, 3.63) is 0 Å². The molecule has 1 saturated heterocycles. The van der Waals surface area contributed by atoms with E-state index in [2.05, 4.69) is 27.1 Å². The van der Waals surface area contributed by atoms with Gasteiger partial charge < -0.3 is 4.90 Å². The second-order valence-corrected chi connectivity index (χ2v) is 4.00. The van der Waals surface area contributed by atoms with Gasteiger partial charge in [0.1, 0.15) is 0 Å². The van der Waals surface area contributed by atoms with Crippen LogP contribution in [0.15, 0.2) is 4.99 Å². The van der Waals surface area contributed by atoms with E-state index >= 15 is 0 Å². The highest BCUT2D eigenvalue weighted by atomic mass is 15.4. The molecule has 1 fully saturated rings. The molecule has 1 atom stereocenters. The first-order valence-corrected chi connectivity index (χ1v) is 5.61. The van der Waals surface area contributed by atoms with Gasteiger partial charge in [-0.1, -0.05) is 6.92 Å². The predicted molar refractivity (Wildman–Crippen MR) is 63.6 cm³/mol. The number of likely N-dealkylation sites (N-methyl/N-ethyl adjacent to an activating group) is 2. The van der Waals surface area contributed by atoms with Crippen molar-refractivity contribution >= 4 is 5.96 Å². The molecule has 0 aliphatic carbocycles. The highest BCUT2D eigenvalue weighted by Gasteiger charge is 2.24. The second kappa shape index (κ2) is 5.92. The van der Waals surface area contributed by atoms with Crippen molar-refractivity contribution < 1.29 is 0 Å². The van der Waals surface area contributed by atoms with Crippen LogP contribution in [0.2, 0.25) is 0 Å². The number of hydrogen-bond acceptors (Lipinski definition) is 3. The Bertz CT molecular complexity index is 216. The molecule has 1 heterocycles. The zero-order valence-corrected chi connectivity index (χ0v) is 10.0. The van der Waals surface area contributed by atoms with Crippen molar-refractivity contribution in [2.24, 2.45) is 10.8 Å². The van der Waals surface area contributed by atoms with Crippen molar-refractivity contribution in [3.8, 4) is 0 Å². The van der Waals surface area contributed by atoms with Crippen LogP contribution in [0.1, 0.15) is 19.8 Å². The van der Waals surface area contributed by atoms with E-state index < -0.39 is 0 Å². The van der Waals surface area contributed by atoms with Gasteiger partial charge in [-0.3, -0.25) is 15.3 Å². The van der Waals surface area contributed by atoms with E-state index in [4.69, 9.17) is 5.84 Å². The second-order valence-electron chi connectivity index (χ2n) is 4.00. The van der Waals surface area contributed by atoms with E-state index in [9.17, 15) is 0 Å². The highest BCUT2D eigenvalue weighted by molar-refractivity contribution is 5.78. The summed E-state index contributed by atoms with van der Waals surface area (Å²) < 4.78 is 0. The van der Waals surface area contributed by atoms with Crippen molar-refractivity contribution in [3.63, 3.8) is 0 Å². The molecule has 1 aliphatic heterocycles.